The predicted octanol–water partition coefficient (Wildman–Crippen LogP) is 2.33. The molecular weight excluding hydrogens is 282 g/mol. The van der Waals surface area contributed by atoms with Gasteiger partial charge in [0, 0.05) is 6.07 Å². The number of halogens is 1. The van der Waals surface area contributed by atoms with E-state index in [1.807, 2.05) is 13.8 Å². The second-order valence-corrected chi connectivity index (χ2v) is 5.52. The van der Waals surface area contributed by atoms with Gasteiger partial charge in [-0.25, -0.2) is 4.68 Å². The van der Waals surface area contributed by atoms with Crippen molar-refractivity contribution in [3.05, 3.63) is 44.7 Å². The van der Waals surface area contributed by atoms with Crippen molar-refractivity contribution in [1.82, 2.24) is 15.0 Å². The zero-order chi connectivity index (χ0) is 15.1. The first-order chi connectivity index (χ1) is 9.20. The van der Waals surface area contributed by atoms with Crippen molar-refractivity contribution in [2.45, 2.75) is 26.3 Å². The average Bonchev–Trinajstić information content (AvgIpc) is 2.80. The normalized spacial score (nSPS) is 11.7. The van der Waals surface area contributed by atoms with Crippen LogP contribution in [0.4, 0.5) is 5.69 Å². The van der Waals surface area contributed by atoms with Crippen LogP contribution in [0.3, 0.4) is 0 Å². The minimum absolute atomic E-state index is 0.0552. The maximum Gasteiger partial charge on any atom is 0.288 e. The molecule has 0 saturated carbocycles. The molecule has 106 valence electrons. The number of nitro benzene ring substituents is 1. The first kappa shape index (κ1) is 14.4. The van der Waals surface area contributed by atoms with Crippen molar-refractivity contribution in [2.24, 2.45) is 5.73 Å². The van der Waals surface area contributed by atoms with Gasteiger partial charge >= 0.3 is 0 Å². The highest BCUT2D eigenvalue weighted by Crippen LogP contribution is 2.29. The van der Waals surface area contributed by atoms with E-state index in [4.69, 9.17) is 17.3 Å². The third-order valence-corrected chi connectivity index (χ3v) is 3.17. The molecule has 8 heteroatoms. The lowest BCUT2D eigenvalue weighted by Crippen LogP contribution is -2.29. The monoisotopic (exact) mass is 295 g/mol. The Kier molecular flexibility index (Phi) is 3.49. The Balaban J connectivity index is 2.51. The van der Waals surface area contributed by atoms with Crippen molar-refractivity contribution in [3.8, 4) is 5.69 Å². The number of nitrogens with zero attached hydrogens (tertiary/aromatic N) is 4. The van der Waals surface area contributed by atoms with Gasteiger partial charge in [0.25, 0.3) is 5.69 Å². The number of benzene rings is 1. The van der Waals surface area contributed by atoms with E-state index in [0.717, 1.165) is 0 Å². The van der Waals surface area contributed by atoms with Crippen LogP contribution in [-0.4, -0.2) is 19.9 Å². The Bertz CT molecular complexity index is 675. The van der Waals surface area contributed by atoms with Crippen LogP contribution in [-0.2, 0) is 5.54 Å². The van der Waals surface area contributed by atoms with E-state index in [2.05, 4.69) is 10.3 Å². The van der Waals surface area contributed by atoms with Crippen LogP contribution < -0.4 is 5.73 Å². The van der Waals surface area contributed by atoms with Gasteiger partial charge in [0.2, 0.25) is 0 Å². The van der Waals surface area contributed by atoms with Crippen LogP contribution in [0.5, 0.6) is 0 Å². The highest BCUT2D eigenvalue weighted by molar-refractivity contribution is 6.32. The van der Waals surface area contributed by atoms with Gasteiger partial charge in [-0.3, -0.25) is 10.1 Å². The molecule has 0 amide bonds. The fourth-order valence-corrected chi connectivity index (χ4v) is 1.95. The molecule has 0 atom stereocenters. The molecule has 1 aromatic heterocycles. The lowest BCUT2D eigenvalue weighted by molar-refractivity contribution is -0.384. The summed E-state index contributed by atoms with van der Waals surface area (Å²) in [4.78, 5) is 10.3. The summed E-state index contributed by atoms with van der Waals surface area (Å²) in [6, 6.07) is 2.91. The molecule has 0 bridgehead atoms. The molecule has 0 aliphatic carbocycles. The predicted molar refractivity (Wildman–Crippen MR) is 75.0 cm³/mol. The van der Waals surface area contributed by atoms with Crippen LogP contribution in [0.15, 0.2) is 18.3 Å². The van der Waals surface area contributed by atoms with Gasteiger partial charge < -0.3 is 5.73 Å². The summed E-state index contributed by atoms with van der Waals surface area (Å²) >= 11 is 5.92. The zero-order valence-electron chi connectivity index (χ0n) is 11.3. The smallest absolute Gasteiger partial charge is 0.288 e. The zero-order valence-corrected chi connectivity index (χ0v) is 12.0. The highest BCUT2D eigenvalue weighted by Gasteiger charge is 2.21. The van der Waals surface area contributed by atoms with Gasteiger partial charge in [-0.2, -0.15) is 0 Å². The molecule has 0 unspecified atom stereocenters. The Morgan fingerprint density at radius 3 is 2.60 bits per heavy atom. The maximum absolute atomic E-state index is 10.8. The van der Waals surface area contributed by atoms with Gasteiger partial charge in [0.05, 0.1) is 22.3 Å². The van der Waals surface area contributed by atoms with E-state index in [9.17, 15) is 10.1 Å². The largest absolute Gasteiger partial charge is 0.320 e. The van der Waals surface area contributed by atoms with Crippen LogP contribution in [0.25, 0.3) is 5.69 Å². The second-order valence-electron chi connectivity index (χ2n) is 5.12. The van der Waals surface area contributed by atoms with Crippen molar-refractivity contribution in [1.29, 1.82) is 0 Å². The van der Waals surface area contributed by atoms with Gasteiger partial charge in [-0.1, -0.05) is 16.8 Å². The summed E-state index contributed by atoms with van der Waals surface area (Å²) in [5.41, 5.74) is 7.12. The molecule has 2 rings (SSSR count). The SMILES string of the molecule is Cc1cc([N+](=O)[O-])c(Cl)cc1-n1cc(C(C)(C)N)nn1. The molecule has 0 aliphatic heterocycles. The minimum Gasteiger partial charge on any atom is -0.320 e. The molecule has 0 saturated heterocycles. The van der Waals surface area contributed by atoms with Gasteiger partial charge in [0.15, 0.2) is 0 Å². The Morgan fingerprint density at radius 1 is 1.45 bits per heavy atom. The number of hydrogen-bond donors (Lipinski definition) is 1. The summed E-state index contributed by atoms with van der Waals surface area (Å²) in [6.07, 6.45) is 1.69. The topological polar surface area (TPSA) is 99.9 Å². The summed E-state index contributed by atoms with van der Waals surface area (Å²) in [5, 5.41) is 18.9. The second kappa shape index (κ2) is 4.84. The maximum atomic E-state index is 10.8. The van der Waals surface area contributed by atoms with Crippen molar-refractivity contribution in [2.75, 3.05) is 0 Å². The van der Waals surface area contributed by atoms with E-state index in [0.29, 0.717) is 16.9 Å². The molecule has 20 heavy (non-hydrogen) atoms. The molecule has 0 aliphatic rings. The number of rotatable bonds is 3. The number of nitrogens with two attached hydrogens (primary N) is 1. The standard InChI is InChI=1S/C12H14ClN5O2/c1-7-4-10(18(19)20)8(13)5-9(7)17-6-11(15-16-17)12(2,3)14/h4-6H,14H2,1-3H3. The molecule has 0 spiro atoms. The lowest BCUT2D eigenvalue weighted by Gasteiger charge is -2.13. The molecule has 1 aromatic carbocycles. The quantitative estimate of drug-likeness (QED) is 0.692. The number of aromatic nitrogens is 3. The summed E-state index contributed by atoms with van der Waals surface area (Å²) < 4.78 is 1.51. The third kappa shape index (κ3) is 2.63. The lowest BCUT2D eigenvalue weighted by atomic mass is 10.0. The Hall–Kier alpha value is -1.99. The van der Waals surface area contributed by atoms with Crippen LogP contribution in [0.2, 0.25) is 5.02 Å². The summed E-state index contributed by atoms with van der Waals surface area (Å²) in [5.74, 6) is 0. The fraction of sp³-hybridized carbons (Fsp3) is 0.333. The summed E-state index contributed by atoms with van der Waals surface area (Å²) in [6.45, 7) is 5.38. The van der Waals surface area contributed by atoms with E-state index >= 15 is 0 Å². The molecule has 0 fully saturated rings. The van der Waals surface area contributed by atoms with Crippen LogP contribution >= 0.6 is 11.6 Å². The van der Waals surface area contributed by atoms with Gasteiger partial charge in [0.1, 0.15) is 10.7 Å². The highest BCUT2D eigenvalue weighted by atomic mass is 35.5. The number of hydrogen-bond acceptors (Lipinski definition) is 5. The van der Waals surface area contributed by atoms with Crippen molar-refractivity contribution < 1.29 is 4.92 Å². The van der Waals surface area contributed by atoms with E-state index in [-0.39, 0.29) is 10.7 Å². The molecule has 2 aromatic rings. The van der Waals surface area contributed by atoms with E-state index < -0.39 is 10.5 Å². The fourth-order valence-electron chi connectivity index (χ4n) is 1.72. The minimum atomic E-state index is -0.614. The van der Waals surface area contributed by atoms with E-state index in [1.54, 1.807) is 13.1 Å². The van der Waals surface area contributed by atoms with Crippen molar-refractivity contribution in [3.63, 3.8) is 0 Å². The first-order valence-electron chi connectivity index (χ1n) is 5.87. The van der Waals surface area contributed by atoms with Gasteiger partial charge in [-0.05, 0) is 32.4 Å². The molecule has 1 heterocycles. The summed E-state index contributed by atoms with van der Waals surface area (Å²) in [7, 11) is 0. The number of aryl methyl sites for hydroxylation is 1. The van der Waals surface area contributed by atoms with Gasteiger partial charge in [-0.15, -0.1) is 5.10 Å². The molecule has 2 N–H and O–H groups in total. The van der Waals surface area contributed by atoms with Crippen LogP contribution in [0.1, 0.15) is 25.1 Å². The molecule has 0 radical (unpaired) electrons. The Labute approximate surface area is 120 Å². The molecule has 7 nitrogen and oxygen atoms in total. The van der Waals surface area contributed by atoms with Crippen LogP contribution in [0, 0.1) is 17.0 Å². The number of nitro groups is 1. The Morgan fingerprint density at radius 2 is 2.10 bits per heavy atom. The average molecular weight is 296 g/mol. The van der Waals surface area contributed by atoms with Crippen molar-refractivity contribution >= 4 is 17.3 Å². The third-order valence-electron chi connectivity index (χ3n) is 2.86. The first-order valence-corrected chi connectivity index (χ1v) is 6.24. The van der Waals surface area contributed by atoms with E-state index in [1.165, 1.54) is 16.8 Å². The molecular formula is C12H14ClN5O2.